The van der Waals surface area contributed by atoms with E-state index in [2.05, 4.69) is 5.32 Å². The van der Waals surface area contributed by atoms with Gasteiger partial charge in [-0.15, -0.1) is 0 Å². The predicted molar refractivity (Wildman–Crippen MR) is 105 cm³/mol. The number of benzene rings is 2. The third kappa shape index (κ3) is 4.74. The van der Waals surface area contributed by atoms with Crippen molar-refractivity contribution < 1.29 is 19.0 Å². The Morgan fingerprint density at radius 2 is 2.04 bits per heavy atom. The Kier molecular flexibility index (Phi) is 5.74. The topological polar surface area (TPSA) is 80.6 Å². The van der Waals surface area contributed by atoms with Gasteiger partial charge in [-0.25, -0.2) is 0 Å². The van der Waals surface area contributed by atoms with Crippen LogP contribution in [-0.4, -0.2) is 30.8 Å². The largest absolute Gasteiger partial charge is 0.488 e. The SMILES string of the molecule is CC(Oc1ccc(C#N)cc1)C(=O)NCCOc1cccc2c1OC(C)(C)C2. The zero-order valence-corrected chi connectivity index (χ0v) is 16.3. The van der Waals surface area contributed by atoms with Crippen molar-refractivity contribution in [2.45, 2.75) is 38.9 Å². The molecule has 0 saturated heterocycles. The first kappa shape index (κ1) is 19.6. The molecular weight excluding hydrogens is 356 g/mol. The second-order valence-electron chi connectivity index (χ2n) is 7.32. The number of carbonyl (C=O) groups is 1. The molecule has 0 fully saturated rings. The molecule has 0 spiro atoms. The van der Waals surface area contributed by atoms with Crippen molar-refractivity contribution in [2.24, 2.45) is 0 Å². The van der Waals surface area contributed by atoms with Crippen molar-refractivity contribution in [1.82, 2.24) is 5.32 Å². The van der Waals surface area contributed by atoms with Crippen LogP contribution in [0.2, 0.25) is 0 Å². The lowest BCUT2D eigenvalue weighted by Gasteiger charge is -2.18. The molecule has 1 aliphatic heterocycles. The molecular formula is C22H24N2O4. The summed E-state index contributed by atoms with van der Waals surface area (Å²) in [5.41, 5.74) is 1.45. The number of nitrogens with one attached hydrogen (secondary N) is 1. The Labute approximate surface area is 165 Å². The molecule has 1 atom stereocenters. The lowest BCUT2D eigenvalue weighted by atomic mass is 10.0. The number of fused-ring (bicyclic) bond motifs is 1. The second kappa shape index (κ2) is 8.22. The maximum atomic E-state index is 12.2. The summed E-state index contributed by atoms with van der Waals surface area (Å²) in [5.74, 6) is 1.79. The fourth-order valence-electron chi connectivity index (χ4n) is 3.05. The van der Waals surface area contributed by atoms with E-state index < -0.39 is 6.10 Å². The van der Waals surface area contributed by atoms with Gasteiger partial charge in [-0.1, -0.05) is 12.1 Å². The standard InChI is InChI=1S/C22H24N2O4/c1-15(27-18-9-7-16(14-23)8-10-18)21(25)24-11-12-26-19-6-4-5-17-13-22(2,3)28-20(17)19/h4-10,15H,11-13H2,1-3H3,(H,24,25). The summed E-state index contributed by atoms with van der Waals surface area (Å²) in [5, 5.41) is 11.6. The van der Waals surface area contributed by atoms with Gasteiger partial charge in [-0.3, -0.25) is 4.79 Å². The molecule has 1 aliphatic rings. The van der Waals surface area contributed by atoms with Crippen molar-refractivity contribution in [1.29, 1.82) is 5.26 Å². The average Bonchev–Trinajstić information content (AvgIpc) is 3.00. The number of hydrogen-bond donors (Lipinski definition) is 1. The summed E-state index contributed by atoms with van der Waals surface area (Å²) in [7, 11) is 0. The number of carbonyl (C=O) groups excluding carboxylic acids is 1. The third-order valence-corrected chi connectivity index (χ3v) is 4.38. The number of hydrogen-bond acceptors (Lipinski definition) is 5. The van der Waals surface area contributed by atoms with Gasteiger partial charge in [0.05, 0.1) is 18.2 Å². The van der Waals surface area contributed by atoms with Crippen LogP contribution in [-0.2, 0) is 11.2 Å². The summed E-state index contributed by atoms with van der Waals surface area (Å²) in [6.07, 6.45) is 0.193. The molecule has 146 valence electrons. The molecule has 3 rings (SSSR count). The first-order chi connectivity index (χ1) is 13.4. The fraction of sp³-hybridized carbons (Fsp3) is 0.364. The molecule has 0 radical (unpaired) electrons. The van der Waals surface area contributed by atoms with Gasteiger partial charge < -0.3 is 19.5 Å². The van der Waals surface area contributed by atoms with Crippen molar-refractivity contribution >= 4 is 5.91 Å². The van der Waals surface area contributed by atoms with Crippen molar-refractivity contribution in [3.05, 3.63) is 53.6 Å². The molecule has 28 heavy (non-hydrogen) atoms. The van der Waals surface area contributed by atoms with E-state index >= 15 is 0 Å². The summed E-state index contributed by atoms with van der Waals surface area (Å²) >= 11 is 0. The van der Waals surface area contributed by atoms with Crippen LogP contribution in [0.25, 0.3) is 0 Å². The number of amides is 1. The van der Waals surface area contributed by atoms with Gasteiger partial charge in [0.2, 0.25) is 0 Å². The molecule has 2 aromatic carbocycles. The second-order valence-corrected chi connectivity index (χ2v) is 7.32. The maximum absolute atomic E-state index is 12.2. The normalized spacial score (nSPS) is 14.9. The molecule has 0 aliphatic carbocycles. The molecule has 1 unspecified atom stereocenters. The monoisotopic (exact) mass is 380 g/mol. The fourth-order valence-corrected chi connectivity index (χ4v) is 3.05. The molecule has 6 nitrogen and oxygen atoms in total. The van der Waals surface area contributed by atoms with Gasteiger partial charge in [0.1, 0.15) is 18.0 Å². The van der Waals surface area contributed by atoms with Crippen LogP contribution in [0.5, 0.6) is 17.2 Å². The Morgan fingerprint density at radius 1 is 1.29 bits per heavy atom. The number of para-hydroxylation sites is 1. The lowest BCUT2D eigenvalue weighted by Crippen LogP contribution is -2.38. The van der Waals surface area contributed by atoms with Crippen LogP contribution in [0.15, 0.2) is 42.5 Å². The van der Waals surface area contributed by atoms with E-state index in [1.165, 1.54) is 0 Å². The minimum absolute atomic E-state index is 0.228. The third-order valence-electron chi connectivity index (χ3n) is 4.38. The zero-order chi connectivity index (χ0) is 20.1. The minimum atomic E-state index is -0.655. The van der Waals surface area contributed by atoms with Gasteiger partial charge in [0, 0.05) is 12.0 Å². The van der Waals surface area contributed by atoms with E-state index in [-0.39, 0.29) is 11.5 Å². The molecule has 1 N–H and O–H groups in total. The van der Waals surface area contributed by atoms with Crippen molar-refractivity contribution in [3.8, 4) is 23.3 Å². The maximum Gasteiger partial charge on any atom is 0.260 e. The van der Waals surface area contributed by atoms with E-state index in [0.717, 1.165) is 17.7 Å². The number of nitriles is 1. The highest BCUT2D eigenvalue weighted by atomic mass is 16.5. The van der Waals surface area contributed by atoms with E-state index in [9.17, 15) is 4.79 Å². The average molecular weight is 380 g/mol. The quantitative estimate of drug-likeness (QED) is 0.746. The summed E-state index contributed by atoms with van der Waals surface area (Å²) < 4.78 is 17.4. The predicted octanol–water partition coefficient (Wildman–Crippen LogP) is 3.23. The first-order valence-corrected chi connectivity index (χ1v) is 9.26. The van der Waals surface area contributed by atoms with Crippen molar-refractivity contribution in [3.63, 3.8) is 0 Å². The smallest absolute Gasteiger partial charge is 0.260 e. The van der Waals surface area contributed by atoms with Gasteiger partial charge in [0.15, 0.2) is 17.6 Å². The first-order valence-electron chi connectivity index (χ1n) is 9.26. The Bertz CT molecular complexity index is 884. The highest BCUT2D eigenvalue weighted by molar-refractivity contribution is 5.80. The number of rotatable bonds is 7. The molecule has 0 bridgehead atoms. The molecule has 0 saturated carbocycles. The van der Waals surface area contributed by atoms with Gasteiger partial charge in [-0.2, -0.15) is 5.26 Å². The zero-order valence-electron chi connectivity index (χ0n) is 16.3. The van der Waals surface area contributed by atoms with Gasteiger partial charge in [-0.05, 0) is 51.1 Å². The van der Waals surface area contributed by atoms with Crippen LogP contribution in [0.1, 0.15) is 31.9 Å². The lowest BCUT2D eigenvalue weighted by molar-refractivity contribution is -0.127. The molecule has 1 heterocycles. The molecule has 6 heteroatoms. The van der Waals surface area contributed by atoms with Crippen molar-refractivity contribution in [2.75, 3.05) is 13.2 Å². The highest BCUT2D eigenvalue weighted by Gasteiger charge is 2.32. The summed E-state index contributed by atoms with van der Waals surface area (Å²) in [4.78, 5) is 12.2. The van der Waals surface area contributed by atoms with Crippen LogP contribution in [0.3, 0.4) is 0 Å². The number of nitrogens with zero attached hydrogens (tertiary/aromatic N) is 1. The Morgan fingerprint density at radius 3 is 2.75 bits per heavy atom. The summed E-state index contributed by atoms with van der Waals surface area (Å²) in [6, 6.07) is 14.5. The van der Waals surface area contributed by atoms with Crippen LogP contribution in [0, 0.1) is 11.3 Å². The summed E-state index contributed by atoms with van der Waals surface area (Å²) in [6.45, 7) is 6.45. The van der Waals surface area contributed by atoms with E-state index in [1.54, 1.807) is 31.2 Å². The van der Waals surface area contributed by atoms with Crippen LogP contribution < -0.4 is 19.5 Å². The van der Waals surface area contributed by atoms with E-state index in [0.29, 0.717) is 30.2 Å². The Balaban J connectivity index is 1.45. The van der Waals surface area contributed by atoms with E-state index in [4.69, 9.17) is 19.5 Å². The van der Waals surface area contributed by atoms with Crippen LogP contribution in [0.4, 0.5) is 0 Å². The molecule has 1 amide bonds. The molecule has 2 aromatic rings. The van der Waals surface area contributed by atoms with Crippen LogP contribution >= 0.6 is 0 Å². The molecule has 0 aromatic heterocycles. The minimum Gasteiger partial charge on any atom is -0.488 e. The van der Waals surface area contributed by atoms with Gasteiger partial charge >= 0.3 is 0 Å². The number of ether oxygens (including phenoxy) is 3. The van der Waals surface area contributed by atoms with E-state index in [1.807, 2.05) is 38.1 Å². The highest BCUT2D eigenvalue weighted by Crippen LogP contribution is 2.41. The van der Waals surface area contributed by atoms with Gasteiger partial charge in [0.25, 0.3) is 5.91 Å². The Hall–Kier alpha value is -3.20.